The van der Waals surface area contributed by atoms with E-state index in [0.29, 0.717) is 0 Å². The molecule has 0 aliphatic carbocycles. The lowest BCUT2D eigenvalue weighted by atomic mass is 10.5. The first-order valence-corrected chi connectivity index (χ1v) is 3.25. The molecule has 0 spiro atoms. The van der Waals surface area contributed by atoms with E-state index in [9.17, 15) is 18.0 Å². The highest BCUT2D eigenvalue weighted by atomic mass is 32.2. The van der Waals surface area contributed by atoms with Gasteiger partial charge in [0.1, 0.15) is 0 Å². The summed E-state index contributed by atoms with van der Waals surface area (Å²) in [5.74, 6) is -0.956. The minimum atomic E-state index is -4.38. The van der Waals surface area contributed by atoms with Gasteiger partial charge in [0.2, 0.25) is 5.91 Å². The van der Waals surface area contributed by atoms with Gasteiger partial charge in [0.25, 0.3) is 0 Å². The van der Waals surface area contributed by atoms with Gasteiger partial charge >= 0.3 is 5.51 Å². The number of hydrogen-bond donors (Lipinski definition) is 1. The molecule has 60 valence electrons. The van der Waals surface area contributed by atoms with Crippen molar-refractivity contribution in [2.24, 2.45) is 5.73 Å². The topological polar surface area (TPSA) is 43.1 Å². The van der Waals surface area contributed by atoms with Crippen LogP contribution in [0, 0.1) is 0 Å². The van der Waals surface area contributed by atoms with E-state index >= 15 is 0 Å². The number of carbonyl (C=O) groups is 1. The Kier molecular flexibility index (Phi) is 3.01. The van der Waals surface area contributed by atoms with Gasteiger partial charge in [0.15, 0.2) is 0 Å². The van der Waals surface area contributed by atoms with Crippen LogP contribution in [0.15, 0.2) is 0 Å². The van der Waals surface area contributed by atoms with Gasteiger partial charge in [-0.3, -0.25) is 4.79 Å². The Hall–Kier alpha value is -0.390. The van der Waals surface area contributed by atoms with E-state index in [-0.39, 0.29) is 0 Å². The lowest BCUT2D eigenvalue weighted by Gasteiger charge is -2.08. The van der Waals surface area contributed by atoms with Crippen LogP contribution in [0.3, 0.4) is 0 Å². The predicted molar refractivity (Wildman–Crippen MR) is 32.3 cm³/mol. The average molecular weight is 173 g/mol. The molecule has 0 bridgehead atoms. The first-order chi connectivity index (χ1) is 4.33. The molecule has 0 aromatic heterocycles. The van der Waals surface area contributed by atoms with E-state index in [1.165, 1.54) is 0 Å². The third-order valence-electron chi connectivity index (χ3n) is 0.711. The van der Waals surface area contributed by atoms with Crippen LogP contribution in [0.25, 0.3) is 0 Å². The Morgan fingerprint density at radius 2 is 2.00 bits per heavy atom. The third kappa shape index (κ3) is 4.49. The first kappa shape index (κ1) is 9.61. The molecule has 0 aliphatic heterocycles. The summed E-state index contributed by atoms with van der Waals surface area (Å²) in [6.07, 6.45) is 0. The lowest BCUT2D eigenvalue weighted by Crippen LogP contribution is -2.25. The molecule has 0 aliphatic rings. The summed E-state index contributed by atoms with van der Waals surface area (Å²) < 4.78 is 34.3. The number of rotatable bonds is 2. The summed E-state index contributed by atoms with van der Waals surface area (Å²) in [6, 6.07) is 0. The second kappa shape index (κ2) is 3.14. The molecule has 0 saturated carbocycles. The zero-order valence-electron chi connectivity index (χ0n) is 5.11. The summed E-state index contributed by atoms with van der Waals surface area (Å²) >= 11 is -0.410. The van der Waals surface area contributed by atoms with Crippen LogP contribution in [0.1, 0.15) is 6.92 Å². The molecule has 2 N–H and O–H groups in total. The maximum absolute atomic E-state index is 11.4. The van der Waals surface area contributed by atoms with Gasteiger partial charge in [-0.05, 0) is 18.7 Å². The number of primary amides is 1. The zero-order chi connectivity index (χ0) is 8.36. The Bertz CT molecular complexity index is 135. The lowest BCUT2D eigenvalue weighted by molar-refractivity contribution is -0.117. The standard InChI is InChI=1S/C4H6F3NOS/c1-2(3(8)9)10-4(5,6)7/h2H,1H3,(H2,8,9). The van der Waals surface area contributed by atoms with Crippen LogP contribution < -0.4 is 5.73 Å². The number of nitrogens with two attached hydrogens (primary N) is 1. The molecule has 1 amide bonds. The maximum Gasteiger partial charge on any atom is 0.442 e. The monoisotopic (exact) mass is 173 g/mol. The molecule has 2 nitrogen and oxygen atoms in total. The minimum absolute atomic E-state index is 0.410. The molecule has 1 unspecified atom stereocenters. The third-order valence-corrected chi connectivity index (χ3v) is 1.56. The van der Waals surface area contributed by atoms with Crippen LogP contribution in [0.2, 0.25) is 0 Å². The predicted octanol–water partition coefficient (Wildman–Crippen LogP) is 1.11. The highest BCUT2D eigenvalue weighted by molar-refractivity contribution is 8.01. The van der Waals surface area contributed by atoms with Gasteiger partial charge in [-0.1, -0.05) is 0 Å². The summed E-state index contributed by atoms with van der Waals surface area (Å²) in [7, 11) is 0. The van der Waals surface area contributed by atoms with Crippen LogP contribution >= 0.6 is 11.8 Å². The van der Waals surface area contributed by atoms with E-state index in [4.69, 9.17) is 0 Å². The molecule has 0 aromatic carbocycles. The summed E-state index contributed by atoms with van der Waals surface area (Å²) in [5.41, 5.74) is 0.203. The zero-order valence-corrected chi connectivity index (χ0v) is 5.92. The number of alkyl halides is 3. The number of thioether (sulfide) groups is 1. The number of hydrogen-bond acceptors (Lipinski definition) is 2. The van der Waals surface area contributed by atoms with Gasteiger partial charge in [-0.25, -0.2) is 0 Å². The van der Waals surface area contributed by atoms with E-state index in [0.717, 1.165) is 6.92 Å². The van der Waals surface area contributed by atoms with Crippen molar-refractivity contribution in [3.63, 3.8) is 0 Å². The van der Waals surface area contributed by atoms with E-state index in [2.05, 4.69) is 5.73 Å². The van der Waals surface area contributed by atoms with Crippen molar-refractivity contribution in [3.05, 3.63) is 0 Å². The number of halogens is 3. The van der Waals surface area contributed by atoms with Crippen molar-refractivity contribution < 1.29 is 18.0 Å². The van der Waals surface area contributed by atoms with E-state index in [1.54, 1.807) is 0 Å². The van der Waals surface area contributed by atoms with Crippen molar-refractivity contribution in [1.82, 2.24) is 0 Å². The van der Waals surface area contributed by atoms with E-state index < -0.39 is 28.4 Å². The van der Waals surface area contributed by atoms with Crippen LogP contribution in [0.4, 0.5) is 13.2 Å². The first-order valence-electron chi connectivity index (χ1n) is 2.37. The summed E-state index contributed by atoms with van der Waals surface area (Å²) in [5, 5.41) is -1.21. The maximum atomic E-state index is 11.4. The fourth-order valence-electron chi connectivity index (χ4n) is 0.259. The largest absolute Gasteiger partial charge is 0.442 e. The molecule has 0 rings (SSSR count). The van der Waals surface area contributed by atoms with Crippen LogP contribution in [-0.4, -0.2) is 16.7 Å². The molecule has 1 atom stereocenters. The Morgan fingerprint density at radius 3 is 2.10 bits per heavy atom. The molecule has 0 aromatic rings. The van der Waals surface area contributed by atoms with Gasteiger partial charge in [-0.15, -0.1) is 0 Å². The molecule has 6 heteroatoms. The smallest absolute Gasteiger partial charge is 0.369 e. The molecule has 10 heavy (non-hydrogen) atoms. The van der Waals surface area contributed by atoms with Crippen molar-refractivity contribution in [1.29, 1.82) is 0 Å². The summed E-state index contributed by atoms with van der Waals surface area (Å²) in [6.45, 7) is 1.11. The van der Waals surface area contributed by atoms with Crippen molar-refractivity contribution in [2.75, 3.05) is 0 Å². The fraction of sp³-hybridized carbons (Fsp3) is 0.750. The van der Waals surface area contributed by atoms with Gasteiger partial charge < -0.3 is 5.73 Å². The Balaban J connectivity index is 3.80. The minimum Gasteiger partial charge on any atom is -0.369 e. The summed E-state index contributed by atoms with van der Waals surface area (Å²) in [4.78, 5) is 10.1. The average Bonchev–Trinajstić information content (AvgIpc) is 1.60. The molecule has 0 radical (unpaired) electrons. The van der Waals surface area contributed by atoms with Gasteiger partial charge in [-0.2, -0.15) is 13.2 Å². The normalized spacial score (nSPS) is 14.8. The molecule has 0 heterocycles. The quantitative estimate of drug-likeness (QED) is 0.679. The number of carbonyl (C=O) groups excluding carboxylic acids is 1. The SMILES string of the molecule is CC(SC(F)(F)F)C(N)=O. The van der Waals surface area contributed by atoms with Crippen molar-refractivity contribution in [2.45, 2.75) is 17.7 Å². The molecule has 0 saturated heterocycles. The highest BCUT2D eigenvalue weighted by Gasteiger charge is 2.33. The van der Waals surface area contributed by atoms with Crippen molar-refractivity contribution >= 4 is 17.7 Å². The number of amides is 1. The second-order valence-corrected chi connectivity index (χ2v) is 3.01. The molecular weight excluding hydrogens is 167 g/mol. The Labute approximate surface area is 60.0 Å². The van der Waals surface area contributed by atoms with Crippen molar-refractivity contribution in [3.8, 4) is 0 Å². The Morgan fingerprint density at radius 1 is 1.60 bits per heavy atom. The van der Waals surface area contributed by atoms with Gasteiger partial charge in [0, 0.05) is 0 Å². The van der Waals surface area contributed by atoms with Gasteiger partial charge in [0.05, 0.1) is 5.25 Å². The fourth-order valence-corrected chi connectivity index (χ4v) is 0.776. The highest BCUT2D eigenvalue weighted by Crippen LogP contribution is 2.33. The second-order valence-electron chi connectivity index (χ2n) is 1.61. The molecule has 0 fully saturated rings. The van der Waals surface area contributed by atoms with Crippen LogP contribution in [0.5, 0.6) is 0 Å². The van der Waals surface area contributed by atoms with E-state index in [1.807, 2.05) is 0 Å². The molecular formula is C4H6F3NOS. The van der Waals surface area contributed by atoms with Crippen LogP contribution in [-0.2, 0) is 4.79 Å².